The van der Waals surface area contributed by atoms with Crippen LogP contribution in [0.4, 0.5) is 23.8 Å². The molecule has 0 aromatic carbocycles. The Hall–Kier alpha value is -3.33. The number of carbonyl (C=O) groups excluding carboxylic acids is 1. The van der Waals surface area contributed by atoms with Crippen molar-refractivity contribution < 1.29 is 27.8 Å². The molecule has 2 saturated heterocycles. The first-order valence-corrected chi connectivity index (χ1v) is 11.7. The van der Waals surface area contributed by atoms with Crippen LogP contribution in [0.25, 0.3) is 5.57 Å². The predicted molar refractivity (Wildman–Crippen MR) is 128 cm³/mol. The van der Waals surface area contributed by atoms with E-state index in [1.807, 2.05) is 0 Å². The number of halogens is 3. The van der Waals surface area contributed by atoms with Gasteiger partial charge in [-0.1, -0.05) is 0 Å². The maximum Gasteiger partial charge on any atom is 0.417 e. The number of nitriles is 1. The number of alkyl halides is 3. The number of β-amino-alcohol motifs (C(OH)–C–C–N with tert-alkyl or cyclic N) is 1. The minimum absolute atomic E-state index is 0.0651. The lowest BCUT2D eigenvalue weighted by Gasteiger charge is -2.44. The number of ether oxygens (including phenoxy) is 1. The summed E-state index contributed by atoms with van der Waals surface area (Å²) in [5.74, 6) is -0.154. The standard InChI is InChI=1S/C24H31F3N6O3/c1-14-20(34)13-33(14)21-17(11-29)18(24(25,26)27)9-19(31-21)15(10-28)12-30-16-5-7-32(8-6-16)22(35)36-23(2,3)4/h9-10,12,14,16,20,34H,5-8,13,28H2,1-4H3/t14-,20+/m0/s1. The van der Waals surface area contributed by atoms with E-state index < -0.39 is 41.1 Å². The smallest absolute Gasteiger partial charge is 0.417 e. The summed E-state index contributed by atoms with van der Waals surface area (Å²) in [5, 5.41) is 19.3. The van der Waals surface area contributed by atoms with Crippen LogP contribution >= 0.6 is 0 Å². The van der Waals surface area contributed by atoms with E-state index in [1.54, 1.807) is 38.7 Å². The highest BCUT2D eigenvalue weighted by Crippen LogP contribution is 2.39. The van der Waals surface area contributed by atoms with Crippen molar-refractivity contribution in [2.24, 2.45) is 10.7 Å². The number of aliphatic hydroxyl groups is 1. The summed E-state index contributed by atoms with van der Waals surface area (Å²) in [6.07, 6.45) is -2.32. The molecule has 12 heteroatoms. The second-order valence-corrected chi connectivity index (χ2v) is 9.92. The van der Waals surface area contributed by atoms with E-state index in [4.69, 9.17) is 10.5 Å². The van der Waals surface area contributed by atoms with Crippen LogP contribution in [0.2, 0.25) is 0 Å². The highest BCUT2D eigenvalue weighted by molar-refractivity contribution is 6.09. The van der Waals surface area contributed by atoms with Gasteiger partial charge in [0.25, 0.3) is 0 Å². The number of piperidine rings is 1. The molecule has 3 heterocycles. The molecule has 2 aliphatic heterocycles. The highest BCUT2D eigenvalue weighted by atomic mass is 19.4. The summed E-state index contributed by atoms with van der Waals surface area (Å²) < 4.78 is 46.9. The number of pyridine rings is 1. The zero-order valence-electron chi connectivity index (χ0n) is 20.7. The molecule has 2 aliphatic rings. The zero-order valence-corrected chi connectivity index (χ0v) is 20.7. The number of aliphatic hydroxyl groups excluding tert-OH is 1. The quantitative estimate of drug-likeness (QED) is 0.597. The van der Waals surface area contributed by atoms with Crippen molar-refractivity contribution >= 4 is 23.7 Å². The number of anilines is 1. The molecule has 3 rings (SSSR count). The molecular weight excluding hydrogens is 477 g/mol. The Bertz CT molecular complexity index is 1080. The average Bonchev–Trinajstić information content (AvgIpc) is 2.80. The van der Waals surface area contributed by atoms with Crippen LogP contribution in [0, 0.1) is 11.3 Å². The van der Waals surface area contributed by atoms with Gasteiger partial charge in [0.2, 0.25) is 0 Å². The van der Waals surface area contributed by atoms with Crippen molar-refractivity contribution in [1.29, 1.82) is 5.26 Å². The minimum atomic E-state index is -4.80. The van der Waals surface area contributed by atoms with Gasteiger partial charge in [-0.2, -0.15) is 18.4 Å². The molecule has 1 amide bonds. The number of nitrogens with two attached hydrogens (primary N) is 1. The SMILES string of the molecule is C[C@H]1[C@H](O)CN1c1nc(C(C=NC2CCN(C(=O)OC(C)(C)C)CC2)=CN)cc(C(F)(F)F)c1C#N. The number of rotatable bonds is 4. The van der Waals surface area contributed by atoms with Crippen LogP contribution in [-0.4, -0.2) is 70.7 Å². The summed E-state index contributed by atoms with van der Waals surface area (Å²) in [6, 6.07) is 1.75. The van der Waals surface area contributed by atoms with Gasteiger partial charge >= 0.3 is 12.3 Å². The van der Waals surface area contributed by atoms with Gasteiger partial charge in [-0.15, -0.1) is 0 Å². The van der Waals surface area contributed by atoms with Crippen molar-refractivity contribution in [2.45, 2.75) is 70.5 Å². The predicted octanol–water partition coefficient (Wildman–Crippen LogP) is 3.31. The molecule has 0 saturated carbocycles. The van der Waals surface area contributed by atoms with Crippen molar-refractivity contribution in [1.82, 2.24) is 9.88 Å². The maximum atomic E-state index is 13.8. The van der Waals surface area contributed by atoms with E-state index in [1.165, 1.54) is 11.1 Å². The first-order valence-electron chi connectivity index (χ1n) is 11.7. The van der Waals surface area contributed by atoms with Crippen molar-refractivity contribution in [3.63, 3.8) is 0 Å². The van der Waals surface area contributed by atoms with Gasteiger partial charge < -0.3 is 25.4 Å². The molecule has 3 N–H and O–H groups in total. The third kappa shape index (κ3) is 6.07. The average molecular weight is 509 g/mol. The molecule has 1 aromatic heterocycles. The lowest BCUT2D eigenvalue weighted by atomic mass is 9.98. The number of carbonyl (C=O) groups is 1. The minimum Gasteiger partial charge on any atom is -0.444 e. The van der Waals surface area contributed by atoms with Crippen LogP contribution in [0.15, 0.2) is 17.3 Å². The first-order chi connectivity index (χ1) is 16.7. The largest absolute Gasteiger partial charge is 0.444 e. The van der Waals surface area contributed by atoms with Gasteiger partial charge in [-0.05, 0) is 46.6 Å². The molecule has 9 nitrogen and oxygen atoms in total. The fourth-order valence-corrected chi connectivity index (χ4v) is 3.99. The van der Waals surface area contributed by atoms with Crippen molar-refractivity contribution in [3.8, 4) is 6.07 Å². The van der Waals surface area contributed by atoms with E-state index in [0.717, 1.165) is 12.3 Å². The normalized spacial score (nSPS) is 21.9. The fraction of sp³-hybridized carbons (Fsp3) is 0.583. The molecule has 0 spiro atoms. The highest BCUT2D eigenvalue weighted by Gasteiger charge is 2.41. The van der Waals surface area contributed by atoms with Crippen LogP contribution in [0.5, 0.6) is 0 Å². The lowest BCUT2D eigenvalue weighted by Crippen LogP contribution is -2.59. The molecule has 1 aromatic rings. The molecule has 2 fully saturated rings. The molecule has 2 atom stereocenters. The van der Waals surface area contributed by atoms with Gasteiger partial charge in [0, 0.05) is 37.6 Å². The molecule has 0 unspecified atom stereocenters. The molecular formula is C24H31F3N6O3. The van der Waals surface area contributed by atoms with Crippen molar-refractivity contribution in [2.75, 3.05) is 24.5 Å². The summed E-state index contributed by atoms with van der Waals surface area (Å²) in [4.78, 5) is 24.1. The summed E-state index contributed by atoms with van der Waals surface area (Å²) in [7, 11) is 0. The number of aromatic nitrogens is 1. The number of hydrogen-bond donors (Lipinski definition) is 2. The summed E-state index contributed by atoms with van der Waals surface area (Å²) >= 11 is 0. The number of nitrogens with zero attached hydrogens (tertiary/aromatic N) is 5. The van der Waals surface area contributed by atoms with Gasteiger partial charge in [-0.3, -0.25) is 4.99 Å². The number of hydrogen-bond acceptors (Lipinski definition) is 8. The van der Waals surface area contributed by atoms with E-state index in [0.29, 0.717) is 25.9 Å². The second-order valence-electron chi connectivity index (χ2n) is 9.92. The summed E-state index contributed by atoms with van der Waals surface area (Å²) in [6.45, 7) is 7.95. The molecule has 196 valence electrons. The molecule has 0 radical (unpaired) electrons. The summed E-state index contributed by atoms with van der Waals surface area (Å²) in [5.41, 5.74) is 3.48. The second kappa shape index (κ2) is 10.3. The van der Waals surface area contributed by atoms with Gasteiger partial charge in [0.15, 0.2) is 0 Å². The topological polar surface area (TPSA) is 128 Å². The fourth-order valence-electron chi connectivity index (χ4n) is 3.99. The Morgan fingerprint density at radius 2 is 1.97 bits per heavy atom. The molecule has 36 heavy (non-hydrogen) atoms. The van der Waals surface area contributed by atoms with Crippen LogP contribution in [-0.2, 0) is 10.9 Å². The van der Waals surface area contributed by atoms with Gasteiger partial charge in [0.05, 0.1) is 29.4 Å². The molecule has 0 aliphatic carbocycles. The Morgan fingerprint density at radius 1 is 1.33 bits per heavy atom. The molecule has 0 bridgehead atoms. The number of allylic oxidation sites excluding steroid dienone is 1. The third-order valence-electron chi connectivity index (χ3n) is 6.14. The Kier molecular flexibility index (Phi) is 7.83. The van der Waals surface area contributed by atoms with Crippen molar-refractivity contribution in [3.05, 3.63) is 29.1 Å². The van der Waals surface area contributed by atoms with E-state index in [-0.39, 0.29) is 29.7 Å². The Balaban J connectivity index is 1.82. The van der Waals surface area contributed by atoms with Crippen LogP contribution in [0.1, 0.15) is 57.4 Å². The monoisotopic (exact) mass is 508 g/mol. The number of amides is 1. The number of aliphatic imine (C=N–C) groups is 1. The first kappa shape index (κ1) is 27.3. The van der Waals surface area contributed by atoms with Gasteiger partial charge in [0.1, 0.15) is 23.1 Å². The lowest BCUT2D eigenvalue weighted by molar-refractivity contribution is -0.137. The van der Waals surface area contributed by atoms with E-state index in [9.17, 15) is 28.3 Å². The van der Waals surface area contributed by atoms with Crippen LogP contribution < -0.4 is 10.6 Å². The maximum absolute atomic E-state index is 13.8. The Morgan fingerprint density at radius 3 is 2.44 bits per heavy atom. The van der Waals surface area contributed by atoms with E-state index >= 15 is 0 Å². The van der Waals surface area contributed by atoms with E-state index in [2.05, 4.69) is 9.98 Å². The van der Waals surface area contributed by atoms with Crippen LogP contribution in [0.3, 0.4) is 0 Å². The zero-order chi connectivity index (χ0) is 26.8. The number of likely N-dealkylation sites (tertiary alicyclic amines) is 1. The third-order valence-corrected chi connectivity index (χ3v) is 6.14. The Labute approximate surface area is 208 Å². The van der Waals surface area contributed by atoms with Gasteiger partial charge in [-0.25, -0.2) is 9.78 Å².